The average Bonchev–Trinajstić information content (AvgIpc) is 2.70. The predicted molar refractivity (Wildman–Crippen MR) is 63.1 cm³/mol. The van der Waals surface area contributed by atoms with Gasteiger partial charge in [-0.15, -0.1) is 0 Å². The van der Waals surface area contributed by atoms with Crippen LogP contribution in [0.1, 0.15) is 6.92 Å². The predicted octanol–water partition coefficient (Wildman–Crippen LogP) is 1.16. The highest BCUT2D eigenvalue weighted by Crippen LogP contribution is 2.71. The van der Waals surface area contributed by atoms with Crippen molar-refractivity contribution < 1.29 is 9.53 Å². The van der Waals surface area contributed by atoms with Gasteiger partial charge in [0.15, 0.2) is 0 Å². The third kappa shape index (κ3) is 1.00. The summed E-state index contributed by atoms with van der Waals surface area (Å²) in [7, 11) is 3.57. The normalized spacial score (nSPS) is 54.3. The zero-order valence-corrected chi connectivity index (χ0v) is 10.6. The molecule has 0 radical (unpaired) electrons. The lowest BCUT2D eigenvalue weighted by Gasteiger charge is -2.28. The van der Waals surface area contributed by atoms with E-state index < -0.39 is 0 Å². The molecule has 4 rings (SSSR count). The molecule has 0 N–H and O–H groups in total. The molecule has 2 fully saturated rings. The van der Waals surface area contributed by atoms with Crippen LogP contribution in [0.3, 0.4) is 0 Å². The quantitative estimate of drug-likeness (QED) is 0.503. The summed E-state index contributed by atoms with van der Waals surface area (Å²) in [6.45, 7) is 3.41. The van der Waals surface area contributed by atoms with Crippen LogP contribution in [0.15, 0.2) is 11.6 Å². The molecule has 0 amide bonds. The molecule has 1 unspecified atom stereocenters. The van der Waals surface area contributed by atoms with Gasteiger partial charge in [-0.2, -0.15) is 0 Å². The number of allylic oxidation sites excluding steroid dienone is 1. The average molecular weight is 233 g/mol. The molecule has 2 bridgehead atoms. The Kier molecular flexibility index (Phi) is 1.75. The van der Waals surface area contributed by atoms with Crippen LogP contribution in [-0.4, -0.2) is 37.6 Å². The van der Waals surface area contributed by atoms with Gasteiger partial charge in [-0.25, -0.2) is 0 Å². The van der Waals surface area contributed by atoms with E-state index in [1.807, 2.05) is 0 Å². The number of esters is 1. The number of likely N-dealkylation sites (tertiary alicyclic amines) is 1. The molecule has 0 spiro atoms. The van der Waals surface area contributed by atoms with Gasteiger partial charge < -0.3 is 4.74 Å². The van der Waals surface area contributed by atoms with Crippen LogP contribution in [-0.2, 0) is 9.53 Å². The zero-order valence-electron chi connectivity index (χ0n) is 10.6. The third-order valence-corrected chi connectivity index (χ3v) is 5.77. The van der Waals surface area contributed by atoms with Gasteiger partial charge in [-0.1, -0.05) is 18.6 Å². The van der Waals surface area contributed by atoms with Crippen LogP contribution in [0.4, 0.5) is 0 Å². The van der Waals surface area contributed by atoms with E-state index in [1.54, 1.807) is 5.57 Å². The molecule has 1 saturated heterocycles. The number of hydrogen-bond donors (Lipinski definition) is 0. The summed E-state index contributed by atoms with van der Waals surface area (Å²) < 4.78 is 4.99. The summed E-state index contributed by atoms with van der Waals surface area (Å²) >= 11 is 0. The second kappa shape index (κ2) is 2.94. The number of rotatable bonds is 1. The first kappa shape index (κ1) is 10.1. The second-order valence-corrected chi connectivity index (χ2v) is 6.30. The number of carbonyl (C=O) groups is 1. The molecule has 1 aliphatic heterocycles. The first-order chi connectivity index (χ1) is 8.15. The van der Waals surface area contributed by atoms with Crippen molar-refractivity contribution >= 4 is 5.97 Å². The number of likely N-dealkylation sites (N-methyl/N-ethyl adjacent to an activating group) is 1. The van der Waals surface area contributed by atoms with Crippen molar-refractivity contribution in [3.8, 4) is 0 Å². The Morgan fingerprint density at radius 3 is 2.94 bits per heavy atom. The number of nitrogens with zero attached hydrogens (tertiary/aromatic N) is 1. The lowest BCUT2D eigenvalue weighted by Crippen LogP contribution is -2.40. The summed E-state index contributed by atoms with van der Waals surface area (Å²) in [5, 5.41) is 0. The van der Waals surface area contributed by atoms with Gasteiger partial charge in [0, 0.05) is 6.54 Å². The fourth-order valence-corrected chi connectivity index (χ4v) is 5.12. The van der Waals surface area contributed by atoms with Crippen molar-refractivity contribution in [3.63, 3.8) is 0 Å². The van der Waals surface area contributed by atoms with Crippen molar-refractivity contribution in [1.82, 2.24) is 4.90 Å². The summed E-state index contributed by atoms with van der Waals surface area (Å²) in [5.41, 5.74) is 1.68. The van der Waals surface area contributed by atoms with Gasteiger partial charge in [0.1, 0.15) is 6.04 Å². The monoisotopic (exact) mass is 233 g/mol. The van der Waals surface area contributed by atoms with E-state index in [0.29, 0.717) is 17.8 Å². The highest BCUT2D eigenvalue weighted by molar-refractivity contribution is 5.77. The van der Waals surface area contributed by atoms with E-state index in [4.69, 9.17) is 4.74 Å². The van der Waals surface area contributed by atoms with Gasteiger partial charge in [0.25, 0.3) is 0 Å². The Morgan fingerprint density at radius 1 is 1.47 bits per heavy atom. The number of fused-ring (bicyclic) bond motifs is 7. The molecule has 3 nitrogen and oxygen atoms in total. The van der Waals surface area contributed by atoms with Crippen LogP contribution >= 0.6 is 0 Å². The van der Waals surface area contributed by atoms with Crippen LogP contribution in [0, 0.1) is 35.5 Å². The maximum atomic E-state index is 12.0. The molecule has 0 aromatic carbocycles. The number of methoxy groups -OCH3 is 1. The first-order valence-electron chi connectivity index (χ1n) is 6.65. The van der Waals surface area contributed by atoms with E-state index in [-0.39, 0.29) is 12.0 Å². The summed E-state index contributed by atoms with van der Waals surface area (Å²) in [6, 6.07) is -0.00231. The Labute approximate surface area is 102 Å². The smallest absolute Gasteiger partial charge is 0.323 e. The number of ether oxygens (including phenoxy) is 1. The third-order valence-electron chi connectivity index (χ3n) is 5.77. The van der Waals surface area contributed by atoms with E-state index in [1.165, 1.54) is 7.11 Å². The molecule has 0 aromatic heterocycles. The standard InChI is InChI=1S/C14H19NO2/c1-6-10-7-4-8(11(6)10)12-9(7)5-15(2)13(12)14(16)17-3/h4,6,8-13H,5H2,1-3H3/t6-,8-,9+,10-,11?,12-,13-/m0/s1. The minimum atomic E-state index is -0.0357. The van der Waals surface area contributed by atoms with Crippen LogP contribution in [0.5, 0.6) is 0 Å². The SMILES string of the molecule is COC(=O)[C@@H]1[C@@H]2[C@H](CN1C)C1=C[C@H]2C2[C@@H](C)[C@@H]12. The van der Waals surface area contributed by atoms with Crippen molar-refractivity contribution in [2.75, 3.05) is 20.7 Å². The highest BCUT2D eigenvalue weighted by atomic mass is 16.5. The molecule has 7 atom stereocenters. The van der Waals surface area contributed by atoms with Crippen LogP contribution < -0.4 is 0 Å². The Hall–Kier alpha value is -0.830. The zero-order chi connectivity index (χ0) is 11.9. The fraction of sp³-hybridized carbons (Fsp3) is 0.786. The molecule has 3 aliphatic carbocycles. The Bertz CT molecular complexity index is 428. The molecule has 4 aliphatic rings. The summed E-state index contributed by atoms with van der Waals surface area (Å²) in [5.74, 6) is 4.36. The molecule has 92 valence electrons. The van der Waals surface area contributed by atoms with E-state index in [0.717, 1.165) is 24.3 Å². The van der Waals surface area contributed by atoms with Gasteiger partial charge in [0.2, 0.25) is 0 Å². The van der Waals surface area contributed by atoms with E-state index in [9.17, 15) is 4.79 Å². The first-order valence-corrected chi connectivity index (χ1v) is 6.65. The number of carbonyl (C=O) groups excluding carboxylic acids is 1. The minimum absolute atomic E-state index is 0.00231. The molecular formula is C14H19NO2. The molecule has 1 saturated carbocycles. The van der Waals surface area contributed by atoms with Gasteiger partial charge in [-0.05, 0) is 42.6 Å². The summed E-state index contributed by atoms with van der Waals surface area (Å²) in [6.07, 6.45) is 2.49. The van der Waals surface area contributed by atoms with Gasteiger partial charge in [-0.3, -0.25) is 9.69 Å². The lowest BCUT2D eigenvalue weighted by atomic mass is 9.77. The van der Waals surface area contributed by atoms with Crippen molar-refractivity contribution in [2.24, 2.45) is 35.5 Å². The maximum Gasteiger partial charge on any atom is 0.323 e. The minimum Gasteiger partial charge on any atom is -0.468 e. The van der Waals surface area contributed by atoms with Gasteiger partial charge in [0.05, 0.1) is 7.11 Å². The molecule has 17 heavy (non-hydrogen) atoms. The highest BCUT2D eigenvalue weighted by Gasteiger charge is 2.68. The van der Waals surface area contributed by atoms with E-state index in [2.05, 4.69) is 24.9 Å². The van der Waals surface area contributed by atoms with Gasteiger partial charge >= 0.3 is 5.97 Å². The van der Waals surface area contributed by atoms with Crippen molar-refractivity contribution in [2.45, 2.75) is 13.0 Å². The van der Waals surface area contributed by atoms with Crippen LogP contribution in [0.25, 0.3) is 0 Å². The van der Waals surface area contributed by atoms with Crippen LogP contribution in [0.2, 0.25) is 0 Å². The fourth-order valence-electron chi connectivity index (χ4n) is 5.12. The Balaban J connectivity index is 1.68. The lowest BCUT2D eigenvalue weighted by molar-refractivity contribution is -0.147. The molecule has 3 heteroatoms. The molecular weight excluding hydrogens is 214 g/mol. The molecule has 1 heterocycles. The molecule has 0 aromatic rings. The Morgan fingerprint density at radius 2 is 2.24 bits per heavy atom. The number of hydrogen-bond acceptors (Lipinski definition) is 3. The maximum absolute atomic E-state index is 12.0. The second-order valence-electron chi connectivity index (χ2n) is 6.30. The summed E-state index contributed by atoms with van der Waals surface area (Å²) in [4.78, 5) is 14.2. The topological polar surface area (TPSA) is 29.5 Å². The largest absolute Gasteiger partial charge is 0.468 e. The van der Waals surface area contributed by atoms with E-state index >= 15 is 0 Å². The van der Waals surface area contributed by atoms with Crippen molar-refractivity contribution in [3.05, 3.63) is 11.6 Å². The van der Waals surface area contributed by atoms with Crippen molar-refractivity contribution in [1.29, 1.82) is 0 Å².